The van der Waals surface area contributed by atoms with E-state index in [1.165, 1.54) is 18.2 Å². The Bertz CT molecular complexity index is 882. The second-order valence-electron chi connectivity index (χ2n) is 5.23. The van der Waals surface area contributed by atoms with Gasteiger partial charge in [-0.2, -0.15) is 0 Å². The molecule has 3 rings (SSSR count). The number of hydrogen-bond acceptors (Lipinski definition) is 5. The van der Waals surface area contributed by atoms with Crippen molar-refractivity contribution >= 4 is 23.0 Å². The van der Waals surface area contributed by atoms with E-state index < -0.39 is 11.6 Å². The first-order valence-electron chi connectivity index (χ1n) is 7.53. The molecule has 0 aliphatic heterocycles. The fourth-order valence-electron chi connectivity index (χ4n) is 2.33. The van der Waals surface area contributed by atoms with Crippen LogP contribution in [-0.4, -0.2) is 17.1 Å². The maximum Gasteiger partial charge on any atom is 0.149 e. The topological polar surface area (TPSA) is 59.1 Å². The van der Waals surface area contributed by atoms with Gasteiger partial charge < -0.3 is 15.4 Å². The van der Waals surface area contributed by atoms with Gasteiger partial charge in [-0.25, -0.2) is 18.7 Å². The fraction of sp³-hybridized carbons (Fsp3) is 0.111. The summed E-state index contributed by atoms with van der Waals surface area (Å²) in [4.78, 5) is 8.45. The molecule has 5 nitrogen and oxygen atoms in total. The van der Waals surface area contributed by atoms with Crippen LogP contribution >= 0.6 is 0 Å². The SMILES string of the molecule is COc1ccccc1Nc1cc(Nc2c(F)cccc2F)nc(C)n1. The van der Waals surface area contributed by atoms with Crippen LogP contribution in [0.25, 0.3) is 0 Å². The van der Waals surface area contributed by atoms with Gasteiger partial charge in [0.15, 0.2) is 0 Å². The van der Waals surface area contributed by atoms with Crippen LogP contribution in [0.3, 0.4) is 0 Å². The van der Waals surface area contributed by atoms with E-state index in [-0.39, 0.29) is 11.5 Å². The number of nitrogens with zero attached hydrogens (tertiary/aromatic N) is 2. The number of methoxy groups -OCH3 is 1. The Kier molecular flexibility index (Phi) is 4.74. The standard InChI is InChI=1S/C18H16F2N4O/c1-11-21-16(23-14-8-3-4-9-15(14)25-2)10-17(22-11)24-18-12(19)6-5-7-13(18)20/h3-10H,1-2H3,(H2,21,22,23,24). The number of aromatic nitrogens is 2. The Morgan fingerprint density at radius 2 is 1.52 bits per heavy atom. The van der Waals surface area contributed by atoms with Crippen LogP contribution < -0.4 is 15.4 Å². The van der Waals surface area contributed by atoms with Crippen LogP contribution in [0.4, 0.5) is 31.8 Å². The van der Waals surface area contributed by atoms with Crippen molar-refractivity contribution in [3.63, 3.8) is 0 Å². The van der Waals surface area contributed by atoms with Crippen molar-refractivity contribution in [2.75, 3.05) is 17.7 Å². The molecule has 25 heavy (non-hydrogen) atoms. The van der Waals surface area contributed by atoms with Gasteiger partial charge in [0.1, 0.15) is 40.5 Å². The molecular formula is C18H16F2N4O. The third-order valence-corrected chi connectivity index (χ3v) is 3.42. The van der Waals surface area contributed by atoms with Gasteiger partial charge in [-0.3, -0.25) is 0 Å². The van der Waals surface area contributed by atoms with E-state index in [4.69, 9.17) is 4.74 Å². The highest BCUT2D eigenvalue weighted by atomic mass is 19.1. The van der Waals surface area contributed by atoms with Gasteiger partial charge >= 0.3 is 0 Å². The van der Waals surface area contributed by atoms with Gasteiger partial charge in [0.2, 0.25) is 0 Å². The minimum atomic E-state index is -0.699. The lowest BCUT2D eigenvalue weighted by Gasteiger charge is -2.13. The number of benzene rings is 2. The van der Waals surface area contributed by atoms with Crippen LogP contribution in [0.2, 0.25) is 0 Å². The molecule has 1 heterocycles. The van der Waals surface area contributed by atoms with Gasteiger partial charge in [-0.15, -0.1) is 0 Å². The molecule has 3 aromatic rings. The number of rotatable bonds is 5. The average molecular weight is 342 g/mol. The van der Waals surface area contributed by atoms with Crippen molar-refractivity contribution in [2.45, 2.75) is 6.92 Å². The molecule has 2 N–H and O–H groups in total. The molecule has 0 radical (unpaired) electrons. The molecule has 7 heteroatoms. The number of hydrogen-bond donors (Lipinski definition) is 2. The summed E-state index contributed by atoms with van der Waals surface area (Å²) in [5.74, 6) is 0.434. The Balaban J connectivity index is 1.91. The summed E-state index contributed by atoms with van der Waals surface area (Å²) in [5, 5.41) is 5.78. The number of halogens is 2. The van der Waals surface area contributed by atoms with Crippen molar-refractivity contribution < 1.29 is 13.5 Å². The molecule has 0 saturated heterocycles. The van der Waals surface area contributed by atoms with E-state index >= 15 is 0 Å². The number of anilines is 4. The smallest absolute Gasteiger partial charge is 0.149 e. The molecule has 0 atom stereocenters. The van der Waals surface area contributed by atoms with Crippen molar-refractivity contribution in [1.29, 1.82) is 0 Å². The first-order valence-corrected chi connectivity index (χ1v) is 7.53. The van der Waals surface area contributed by atoms with E-state index in [2.05, 4.69) is 20.6 Å². The number of aryl methyl sites for hydroxylation is 1. The monoisotopic (exact) mass is 342 g/mol. The van der Waals surface area contributed by atoms with Crippen LogP contribution in [0.15, 0.2) is 48.5 Å². The maximum atomic E-state index is 13.8. The molecule has 128 valence electrons. The van der Waals surface area contributed by atoms with E-state index in [9.17, 15) is 8.78 Å². The third kappa shape index (κ3) is 3.82. The van der Waals surface area contributed by atoms with Gasteiger partial charge in [-0.1, -0.05) is 18.2 Å². The second-order valence-corrected chi connectivity index (χ2v) is 5.23. The number of nitrogens with one attached hydrogen (secondary N) is 2. The molecule has 0 amide bonds. The summed E-state index contributed by atoms with van der Waals surface area (Å²) >= 11 is 0. The maximum absolute atomic E-state index is 13.8. The lowest BCUT2D eigenvalue weighted by Crippen LogP contribution is -2.04. The van der Waals surface area contributed by atoms with E-state index in [0.29, 0.717) is 23.1 Å². The van der Waals surface area contributed by atoms with Gasteiger partial charge in [0, 0.05) is 6.07 Å². The molecule has 1 aromatic heterocycles. The minimum absolute atomic E-state index is 0.260. The van der Waals surface area contributed by atoms with Crippen molar-refractivity contribution in [3.8, 4) is 5.75 Å². The third-order valence-electron chi connectivity index (χ3n) is 3.42. The van der Waals surface area contributed by atoms with E-state index in [0.717, 1.165) is 0 Å². The lowest BCUT2D eigenvalue weighted by atomic mass is 10.3. The molecule has 0 fully saturated rings. The first-order chi connectivity index (χ1) is 12.1. The minimum Gasteiger partial charge on any atom is -0.495 e. The second kappa shape index (κ2) is 7.12. The Morgan fingerprint density at radius 1 is 0.880 bits per heavy atom. The summed E-state index contributed by atoms with van der Waals surface area (Å²) in [6, 6.07) is 12.6. The molecule has 0 saturated carbocycles. The molecule has 2 aromatic carbocycles. The Labute approximate surface area is 143 Å². The number of para-hydroxylation sites is 3. The first kappa shape index (κ1) is 16.6. The van der Waals surface area contributed by atoms with Crippen LogP contribution in [0.5, 0.6) is 5.75 Å². The molecule has 0 spiro atoms. The predicted molar refractivity (Wildman–Crippen MR) is 92.7 cm³/mol. The normalized spacial score (nSPS) is 10.4. The average Bonchev–Trinajstić information content (AvgIpc) is 2.58. The predicted octanol–water partition coefficient (Wildman–Crippen LogP) is 4.56. The summed E-state index contributed by atoms with van der Waals surface area (Å²) in [5.41, 5.74) is 0.454. The molecule has 0 bridgehead atoms. The highest BCUT2D eigenvalue weighted by Crippen LogP contribution is 2.28. The Hall–Kier alpha value is -3.22. The van der Waals surface area contributed by atoms with Crippen LogP contribution in [0, 0.1) is 18.6 Å². The summed E-state index contributed by atoms with van der Waals surface area (Å²) < 4.78 is 32.9. The molecular weight excluding hydrogens is 326 g/mol. The lowest BCUT2D eigenvalue weighted by molar-refractivity contribution is 0.417. The van der Waals surface area contributed by atoms with Crippen molar-refractivity contribution in [2.24, 2.45) is 0 Å². The van der Waals surface area contributed by atoms with Gasteiger partial charge in [-0.05, 0) is 31.2 Å². The molecule has 0 aliphatic rings. The Morgan fingerprint density at radius 3 is 2.20 bits per heavy atom. The van der Waals surface area contributed by atoms with Gasteiger partial charge in [0.25, 0.3) is 0 Å². The van der Waals surface area contributed by atoms with Gasteiger partial charge in [0.05, 0.1) is 12.8 Å². The highest BCUT2D eigenvalue weighted by molar-refractivity contribution is 5.67. The van der Waals surface area contributed by atoms with Crippen LogP contribution in [0.1, 0.15) is 5.82 Å². The summed E-state index contributed by atoms with van der Waals surface area (Å²) in [7, 11) is 1.57. The summed E-state index contributed by atoms with van der Waals surface area (Å²) in [6.07, 6.45) is 0. The van der Waals surface area contributed by atoms with E-state index in [1.54, 1.807) is 20.1 Å². The van der Waals surface area contributed by atoms with Crippen LogP contribution in [-0.2, 0) is 0 Å². The fourth-order valence-corrected chi connectivity index (χ4v) is 2.33. The zero-order valence-corrected chi connectivity index (χ0v) is 13.7. The highest BCUT2D eigenvalue weighted by Gasteiger charge is 2.11. The van der Waals surface area contributed by atoms with E-state index in [1.807, 2.05) is 24.3 Å². The zero-order valence-electron chi connectivity index (χ0n) is 13.7. The molecule has 0 aliphatic carbocycles. The summed E-state index contributed by atoms with van der Waals surface area (Å²) in [6.45, 7) is 1.69. The largest absolute Gasteiger partial charge is 0.495 e. The molecule has 0 unspecified atom stereocenters. The van der Waals surface area contributed by atoms with Crippen molar-refractivity contribution in [3.05, 3.63) is 66.0 Å². The quantitative estimate of drug-likeness (QED) is 0.712. The zero-order chi connectivity index (χ0) is 17.8. The number of ether oxygens (including phenoxy) is 1. The van der Waals surface area contributed by atoms with Crippen molar-refractivity contribution in [1.82, 2.24) is 9.97 Å².